The number of benzene rings is 2. The van der Waals surface area contributed by atoms with Gasteiger partial charge in [0, 0.05) is 6.04 Å². The number of nitrogens with two attached hydrogens (primary N) is 2. The highest BCUT2D eigenvalue weighted by Gasteiger charge is 2.33. The van der Waals surface area contributed by atoms with E-state index in [1.165, 1.54) is 0 Å². The molecule has 0 aliphatic carbocycles. The van der Waals surface area contributed by atoms with Gasteiger partial charge in [0.1, 0.15) is 0 Å². The summed E-state index contributed by atoms with van der Waals surface area (Å²) in [4.78, 5) is 0. The zero-order valence-corrected chi connectivity index (χ0v) is 10.0. The Bertz CT molecular complexity index is 423. The van der Waals surface area contributed by atoms with E-state index < -0.39 is 5.54 Å². The van der Waals surface area contributed by atoms with Gasteiger partial charge in [-0.15, -0.1) is 0 Å². The summed E-state index contributed by atoms with van der Waals surface area (Å²) in [5, 5.41) is 0. The third kappa shape index (κ3) is 2.09. The summed E-state index contributed by atoms with van der Waals surface area (Å²) in [6.45, 7) is 1.94. The van der Waals surface area contributed by atoms with Gasteiger partial charge >= 0.3 is 0 Å². The second-order valence-corrected chi connectivity index (χ2v) is 4.39. The predicted octanol–water partition coefficient (Wildman–Crippen LogP) is 2.24. The summed E-state index contributed by atoms with van der Waals surface area (Å²) in [6.07, 6.45) is 0. The molecule has 0 aliphatic heterocycles. The Morgan fingerprint density at radius 2 is 1.18 bits per heavy atom. The molecule has 88 valence electrons. The molecule has 2 aromatic carbocycles. The Labute approximate surface area is 102 Å². The lowest BCUT2D eigenvalue weighted by atomic mass is 9.79. The van der Waals surface area contributed by atoms with Crippen LogP contribution < -0.4 is 11.5 Å². The van der Waals surface area contributed by atoms with Crippen molar-refractivity contribution < 1.29 is 0 Å². The summed E-state index contributed by atoms with van der Waals surface area (Å²) in [5.74, 6) is 0. The fourth-order valence-electron chi connectivity index (χ4n) is 2.12. The molecule has 1 atom stereocenters. The van der Waals surface area contributed by atoms with E-state index in [4.69, 9.17) is 11.5 Å². The normalized spacial score (nSPS) is 13.4. The second-order valence-electron chi connectivity index (χ2n) is 4.39. The van der Waals surface area contributed by atoms with Crippen LogP contribution in [-0.4, -0.2) is 6.04 Å². The first-order chi connectivity index (χ1) is 8.15. The van der Waals surface area contributed by atoms with E-state index in [1.54, 1.807) is 0 Å². The van der Waals surface area contributed by atoms with E-state index in [2.05, 4.69) is 0 Å². The van der Waals surface area contributed by atoms with Gasteiger partial charge in [-0.05, 0) is 18.1 Å². The average Bonchev–Trinajstić information content (AvgIpc) is 2.39. The fraction of sp³-hybridized carbons (Fsp3) is 0.200. The molecule has 0 radical (unpaired) electrons. The number of hydrogen-bond acceptors (Lipinski definition) is 2. The van der Waals surface area contributed by atoms with Gasteiger partial charge in [0.15, 0.2) is 0 Å². The maximum atomic E-state index is 6.56. The SMILES string of the molecule is CC(N)C(N)(c1ccccc1)c1ccccc1. The standard InChI is InChI=1S/C15H18N2/c1-12(16)15(17,13-8-4-2-5-9-13)14-10-6-3-7-11-14/h2-12H,16-17H2,1H3. The quantitative estimate of drug-likeness (QED) is 0.843. The fourth-order valence-corrected chi connectivity index (χ4v) is 2.12. The summed E-state index contributed by atoms with van der Waals surface area (Å²) in [6, 6.07) is 19.9. The molecule has 0 heterocycles. The minimum atomic E-state index is -0.636. The van der Waals surface area contributed by atoms with Crippen LogP contribution in [-0.2, 0) is 5.54 Å². The molecule has 0 spiro atoms. The van der Waals surface area contributed by atoms with E-state index in [-0.39, 0.29) is 6.04 Å². The highest BCUT2D eigenvalue weighted by molar-refractivity contribution is 5.39. The Morgan fingerprint density at radius 3 is 1.47 bits per heavy atom. The Morgan fingerprint density at radius 1 is 0.824 bits per heavy atom. The van der Waals surface area contributed by atoms with E-state index >= 15 is 0 Å². The molecular formula is C15H18N2. The van der Waals surface area contributed by atoms with E-state index in [1.807, 2.05) is 67.6 Å². The third-order valence-corrected chi connectivity index (χ3v) is 3.22. The summed E-state index contributed by atoms with van der Waals surface area (Å²) in [7, 11) is 0. The van der Waals surface area contributed by atoms with Crippen LogP contribution in [0.2, 0.25) is 0 Å². The summed E-state index contributed by atoms with van der Waals surface area (Å²) in [5.41, 5.74) is 14.1. The van der Waals surface area contributed by atoms with Gasteiger partial charge in [-0.25, -0.2) is 0 Å². The van der Waals surface area contributed by atoms with Crippen LogP contribution in [0.5, 0.6) is 0 Å². The second kappa shape index (κ2) is 4.70. The molecule has 1 unspecified atom stereocenters. The van der Waals surface area contributed by atoms with Crippen LogP contribution in [0.3, 0.4) is 0 Å². The van der Waals surface area contributed by atoms with Gasteiger partial charge < -0.3 is 11.5 Å². The topological polar surface area (TPSA) is 52.0 Å². The molecule has 2 heteroatoms. The molecular weight excluding hydrogens is 208 g/mol. The van der Waals surface area contributed by atoms with Crippen LogP contribution in [0.25, 0.3) is 0 Å². The van der Waals surface area contributed by atoms with E-state index in [0.717, 1.165) is 11.1 Å². The molecule has 2 nitrogen and oxygen atoms in total. The molecule has 0 aromatic heterocycles. The van der Waals surface area contributed by atoms with Crippen molar-refractivity contribution in [1.82, 2.24) is 0 Å². The Balaban J connectivity index is 2.55. The minimum absolute atomic E-state index is 0.160. The van der Waals surface area contributed by atoms with Crippen molar-refractivity contribution in [1.29, 1.82) is 0 Å². The third-order valence-electron chi connectivity index (χ3n) is 3.22. The lowest BCUT2D eigenvalue weighted by molar-refractivity contribution is 0.446. The van der Waals surface area contributed by atoms with Crippen LogP contribution in [0.15, 0.2) is 60.7 Å². The van der Waals surface area contributed by atoms with E-state index in [0.29, 0.717) is 0 Å². The molecule has 0 aliphatic rings. The molecule has 2 aromatic rings. The zero-order valence-electron chi connectivity index (χ0n) is 10.0. The van der Waals surface area contributed by atoms with Crippen molar-refractivity contribution in [2.75, 3.05) is 0 Å². The van der Waals surface area contributed by atoms with Crippen LogP contribution in [0.1, 0.15) is 18.1 Å². The molecule has 0 saturated carbocycles. The van der Waals surface area contributed by atoms with Crippen molar-refractivity contribution in [2.24, 2.45) is 11.5 Å². The molecule has 0 amide bonds. The first kappa shape index (κ1) is 11.8. The number of rotatable bonds is 3. The monoisotopic (exact) mass is 226 g/mol. The zero-order chi connectivity index (χ0) is 12.3. The first-order valence-electron chi connectivity index (χ1n) is 5.81. The van der Waals surface area contributed by atoms with Crippen molar-refractivity contribution in [2.45, 2.75) is 18.5 Å². The van der Waals surface area contributed by atoms with Gasteiger partial charge in [0.2, 0.25) is 0 Å². The average molecular weight is 226 g/mol. The van der Waals surface area contributed by atoms with Gasteiger partial charge in [-0.1, -0.05) is 60.7 Å². The van der Waals surface area contributed by atoms with E-state index in [9.17, 15) is 0 Å². The summed E-state index contributed by atoms with van der Waals surface area (Å²) < 4.78 is 0. The van der Waals surface area contributed by atoms with Crippen molar-refractivity contribution >= 4 is 0 Å². The molecule has 0 bridgehead atoms. The number of hydrogen-bond donors (Lipinski definition) is 2. The van der Waals surface area contributed by atoms with Gasteiger partial charge in [0.25, 0.3) is 0 Å². The van der Waals surface area contributed by atoms with Gasteiger partial charge in [0.05, 0.1) is 5.54 Å². The lowest BCUT2D eigenvalue weighted by Crippen LogP contribution is -2.51. The Hall–Kier alpha value is -1.64. The van der Waals surface area contributed by atoms with Crippen molar-refractivity contribution in [3.63, 3.8) is 0 Å². The highest BCUT2D eigenvalue weighted by atomic mass is 14.9. The van der Waals surface area contributed by atoms with Crippen LogP contribution in [0.4, 0.5) is 0 Å². The maximum absolute atomic E-state index is 6.56. The minimum Gasteiger partial charge on any atom is -0.326 e. The molecule has 17 heavy (non-hydrogen) atoms. The molecule has 2 rings (SSSR count). The highest BCUT2D eigenvalue weighted by Crippen LogP contribution is 2.29. The van der Waals surface area contributed by atoms with Crippen molar-refractivity contribution in [3.8, 4) is 0 Å². The first-order valence-corrected chi connectivity index (χ1v) is 5.81. The molecule has 0 saturated heterocycles. The Kier molecular flexibility index (Phi) is 3.27. The van der Waals surface area contributed by atoms with Gasteiger partial charge in [-0.3, -0.25) is 0 Å². The smallest absolute Gasteiger partial charge is 0.0816 e. The predicted molar refractivity (Wildman–Crippen MR) is 71.5 cm³/mol. The largest absolute Gasteiger partial charge is 0.326 e. The van der Waals surface area contributed by atoms with Gasteiger partial charge in [-0.2, -0.15) is 0 Å². The molecule has 4 N–H and O–H groups in total. The van der Waals surface area contributed by atoms with Crippen molar-refractivity contribution in [3.05, 3.63) is 71.8 Å². The summed E-state index contributed by atoms with van der Waals surface area (Å²) >= 11 is 0. The van der Waals surface area contributed by atoms with Crippen LogP contribution >= 0.6 is 0 Å². The maximum Gasteiger partial charge on any atom is 0.0816 e. The van der Waals surface area contributed by atoms with Crippen LogP contribution in [0, 0.1) is 0 Å². The molecule has 0 fully saturated rings. The lowest BCUT2D eigenvalue weighted by Gasteiger charge is -2.34.